The molecular weight excluding hydrogens is 342 g/mol. The van der Waals surface area contributed by atoms with E-state index in [0.29, 0.717) is 11.1 Å². The number of rotatable bonds is 4. The Bertz CT molecular complexity index is 584. The van der Waals surface area contributed by atoms with Crippen molar-refractivity contribution >= 4 is 11.8 Å². The van der Waals surface area contributed by atoms with Crippen LogP contribution in [0.3, 0.4) is 0 Å². The minimum Gasteiger partial charge on any atom is -0.450 e. The second-order valence-corrected chi connectivity index (χ2v) is 5.02. The number of amides is 1. The van der Waals surface area contributed by atoms with E-state index in [2.05, 4.69) is 4.74 Å². The molecule has 0 aliphatic carbocycles. The van der Waals surface area contributed by atoms with Crippen molar-refractivity contribution in [1.29, 1.82) is 0 Å². The quantitative estimate of drug-likeness (QED) is 0.624. The van der Waals surface area contributed by atoms with E-state index >= 15 is 0 Å². The number of halogens is 6. The molecule has 0 aliphatic heterocycles. The molecule has 136 valence electrons. The summed E-state index contributed by atoms with van der Waals surface area (Å²) in [5, 5.41) is 2.24. The summed E-state index contributed by atoms with van der Waals surface area (Å²) in [5.41, 5.74) is -3.98. The molecule has 1 amide bonds. The normalized spacial score (nSPS) is 12.7. The van der Waals surface area contributed by atoms with Crippen LogP contribution in [-0.4, -0.2) is 30.7 Å². The number of alkyl halides is 6. The monoisotopic (exact) mass is 358 g/mol. The lowest BCUT2D eigenvalue weighted by Crippen LogP contribution is -2.72. The van der Waals surface area contributed by atoms with E-state index in [1.807, 2.05) is 0 Å². The number of nitrogens with one attached hydrogen (secondary N) is 2. The van der Waals surface area contributed by atoms with Crippen molar-refractivity contribution in [3.05, 3.63) is 29.3 Å². The molecule has 0 bridgehead atoms. The maximum Gasteiger partial charge on any atom is 0.439 e. The first-order chi connectivity index (χ1) is 10.8. The van der Waals surface area contributed by atoms with Crippen molar-refractivity contribution in [3.63, 3.8) is 0 Å². The molecule has 0 saturated heterocycles. The lowest BCUT2D eigenvalue weighted by atomic mass is 10.1. The Morgan fingerprint density at radius 3 is 2.00 bits per heavy atom. The zero-order valence-corrected chi connectivity index (χ0v) is 13.0. The van der Waals surface area contributed by atoms with E-state index in [1.165, 1.54) is 25.2 Å². The highest BCUT2D eigenvalue weighted by Gasteiger charge is 2.73. The molecule has 2 N–H and O–H groups in total. The van der Waals surface area contributed by atoms with Gasteiger partial charge in [-0.2, -0.15) is 26.3 Å². The number of anilines is 1. The van der Waals surface area contributed by atoms with E-state index in [4.69, 9.17) is 0 Å². The minimum absolute atomic E-state index is 0.388. The van der Waals surface area contributed by atoms with Gasteiger partial charge in [0.2, 0.25) is 0 Å². The summed E-state index contributed by atoms with van der Waals surface area (Å²) in [6, 6.07) is 3.54. The van der Waals surface area contributed by atoms with Crippen molar-refractivity contribution in [2.75, 3.05) is 11.9 Å². The highest BCUT2D eigenvalue weighted by Crippen LogP contribution is 2.43. The molecule has 0 atom stereocenters. The molecule has 0 fully saturated rings. The fourth-order valence-corrected chi connectivity index (χ4v) is 1.83. The molecule has 1 rings (SSSR count). The topological polar surface area (TPSA) is 50.4 Å². The number of carbonyl (C=O) groups is 1. The largest absolute Gasteiger partial charge is 0.450 e. The van der Waals surface area contributed by atoms with Gasteiger partial charge in [-0.1, -0.05) is 6.07 Å². The Morgan fingerprint density at radius 2 is 1.58 bits per heavy atom. The summed E-state index contributed by atoms with van der Waals surface area (Å²) in [5.74, 6) is 0. The molecular formula is C14H16F6N2O2. The molecule has 0 radical (unpaired) electrons. The number of carbonyl (C=O) groups excluding carboxylic acids is 1. The van der Waals surface area contributed by atoms with E-state index in [-0.39, 0.29) is 6.61 Å². The van der Waals surface area contributed by atoms with Crippen molar-refractivity contribution in [2.45, 2.75) is 38.8 Å². The Hall–Kier alpha value is -2.13. The van der Waals surface area contributed by atoms with Gasteiger partial charge in [-0.05, 0) is 44.0 Å². The van der Waals surface area contributed by atoms with Gasteiger partial charge in [-0.15, -0.1) is 0 Å². The van der Waals surface area contributed by atoms with Gasteiger partial charge in [0, 0.05) is 5.69 Å². The Labute approximate surface area is 134 Å². The summed E-state index contributed by atoms with van der Waals surface area (Å²) in [6.45, 7) is 4.04. The molecule has 0 heterocycles. The summed E-state index contributed by atoms with van der Waals surface area (Å²) in [4.78, 5) is 11.3. The van der Waals surface area contributed by atoms with Gasteiger partial charge in [-0.3, -0.25) is 5.32 Å². The van der Waals surface area contributed by atoms with Crippen molar-refractivity contribution in [1.82, 2.24) is 5.32 Å². The number of aryl methyl sites for hydroxylation is 2. The van der Waals surface area contributed by atoms with Gasteiger partial charge in [0.05, 0.1) is 6.61 Å². The van der Waals surface area contributed by atoms with Crippen LogP contribution in [0.15, 0.2) is 18.2 Å². The zero-order valence-electron chi connectivity index (χ0n) is 13.0. The molecule has 4 nitrogen and oxygen atoms in total. The zero-order chi connectivity index (χ0) is 18.8. The van der Waals surface area contributed by atoms with Gasteiger partial charge in [0.15, 0.2) is 0 Å². The average molecular weight is 358 g/mol. The van der Waals surface area contributed by atoms with Gasteiger partial charge < -0.3 is 10.1 Å². The van der Waals surface area contributed by atoms with Crippen LogP contribution in [0.2, 0.25) is 0 Å². The summed E-state index contributed by atoms with van der Waals surface area (Å²) >= 11 is 0. The van der Waals surface area contributed by atoms with Crippen LogP contribution in [0.1, 0.15) is 18.1 Å². The van der Waals surface area contributed by atoms with Gasteiger partial charge >= 0.3 is 24.1 Å². The molecule has 10 heteroatoms. The van der Waals surface area contributed by atoms with Crippen LogP contribution in [0.25, 0.3) is 0 Å². The number of hydrogen-bond acceptors (Lipinski definition) is 3. The Morgan fingerprint density at radius 1 is 1.04 bits per heavy atom. The molecule has 0 spiro atoms. The molecule has 24 heavy (non-hydrogen) atoms. The summed E-state index contributed by atoms with van der Waals surface area (Å²) in [6.07, 6.45) is -13.6. The van der Waals surface area contributed by atoms with Crippen LogP contribution in [0.4, 0.5) is 36.8 Å². The van der Waals surface area contributed by atoms with Crippen molar-refractivity contribution in [2.24, 2.45) is 0 Å². The van der Waals surface area contributed by atoms with Crippen LogP contribution >= 0.6 is 0 Å². The molecule has 0 unspecified atom stereocenters. The van der Waals surface area contributed by atoms with Gasteiger partial charge in [0.1, 0.15) is 0 Å². The van der Waals surface area contributed by atoms with Crippen LogP contribution < -0.4 is 10.6 Å². The molecule has 1 aromatic carbocycles. The third-order valence-electron chi connectivity index (χ3n) is 3.25. The average Bonchev–Trinajstić information content (AvgIpc) is 2.39. The third kappa shape index (κ3) is 4.04. The fourth-order valence-electron chi connectivity index (χ4n) is 1.83. The predicted octanol–water partition coefficient (Wildman–Crippen LogP) is 4.28. The molecule has 1 aromatic rings. The Balaban J connectivity index is 3.39. The Kier molecular flexibility index (Phi) is 5.62. The number of ether oxygens (including phenoxy) is 1. The van der Waals surface area contributed by atoms with E-state index in [1.54, 1.807) is 6.92 Å². The second kappa shape index (κ2) is 6.78. The SMILES string of the molecule is CCOC(=O)NC(Nc1ccc(C)c(C)c1)(C(F)(F)F)C(F)(F)F. The lowest BCUT2D eigenvalue weighted by molar-refractivity contribution is -0.294. The van der Waals surface area contributed by atoms with Crippen LogP contribution in [0, 0.1) is 13.8 Å². The molecule has 0 aliphatic rings. The number of alkyl carbamates (subject to hydrolysis) is 1. The highest BCUT2D eigenvalue weighted by atomic mass is 19.4. The third-order valence-corrected chi connectivity index (χ3v) is 3.25. The lowest BCUT2D eigenvalue weighted by Gasteiger charge is -2.38. The maximum absolute atomic E-state index is 13.3. The van der Waals surface area contributed by atoms with Crippen LogP contribution in [-0.2, 0) is 4.74 Å². The molecule has 0 aromatic heterocycles. The van der Waals surface area contributed by atoms with E-state index in [0.717, 1.165) is 17.4 Å². The number of benzene rings is 1. The first-order valence-corrected chi connectivity index (χ1v) is 6.78. The second-order valence-electron chi connectivity index (χ2n) is 5.02. The molecule has 0 saturated carbocycles. The van der Waals surface area contributed by atoms with Gasteiger partial charge in [0.25, 0.3) is 0 Å². The first kappa shape index (κ1) is 19.9. The van der Waals surface area contributed by atoms with Crippen molar-refractivity contribution < 1.29 is 35.9 Å². The minimum atomic E-state index is -5.88. The maximum atomic E-state index is 13.3. The summed E-state index contributed by atoms with van der Waals surface area (Å²) in [7, 11) is 0. The van der Waals surface area contributed by atoms with E-state index in [9.17, 15) is 31.1 Å². The van der Waals surface area contributed by atoms with Crippen molar-refractivity contribution in [3.8, 4) is 0 Å². The predicted molar refractivity (Wildman–Crippen MR) is 74.5 cm³/mol. The van der Waals surface area contributed by atoms with Gasteiger partial charge in [-0.25, -0.2) is 4.79 Å². The number of hydrogen-bond donors (Lipinski definition) is 2. The smallest absolute Gasteiger partial charge is 0.439 e. The fraction of sp³-hybridized carbons (Fsp3) is 0.500. The van der Waals surface area contributed by atoms with E-state index < -0.39 is 29.8 Å². The highest BCUT2D eigenvalue weighted by molar-refractivity contribution is 5.70. The van der Waals surface area contributed by atoms with Crippen LogP contribution in [0.5, 0.6) is 0 Å². The standard InChI is InChI=1S/C14H16F6N2O2/c1-4-24-11(23)22-12(13(15,16)17,14(18,19)20)21-10-6-5-8(2)9(3)7-10/h5-7,21H,4H2,1-3H3,(H,22,23). The first-order valence-electron chi connectivity index (χ1n) is 6.78. The summed E-state index contributed by atoms with van der Waals surface area (Å²) < 4.78 is 83.9.